The predicted octanol–water partition coefficient (Wildman–Crippen LogP) is 1.86. The molecule has 1 fully saturated rings. The number of aromatic nitrogens is 1. The molecule has 4 rings (SSSR count). The molecule has 1 aliphatic heterocycles. The molecule has 0 spiro atoms. The predicted molar refractivity (Wildman–Crippen MR) is 95.0 cm³/mol. The van der Waals surface area contributed by atoms with Crippen molar-refractivity contribution in [2.45, 2.75) is 0 Å². The van der Waals surface area contributed by atoms with Crippen LogP contribution in [0.4, 0.5) is 4.39 Å². The molecule has 1 saturated heterocycles. The van der Waals surface area contributed by atoms with E-state index < -0.39 is 11.6 Å². The van der Waals surface area contributed by atoms with E-state index in [1.54, 1.807) is 21.9 Å². The van der Waals surface area contributed by atoms with E-state index in [0.717, 1.165) is 0 Å². The van der Waals surface area contributed by atoms with Crippen molar-refractivity contribution in [2.24, 2.45) is 0 Å². The topological polar surface area (TPSA) is 86.6 Å². The SMILES string of the molecule is O=C(c1ccc(F)cc1)N1CCN(C(=O)c2ccc3[nH]c(=O)oc3c2)CC1. The van der Waals surface area contributed by atoms with Crippen molar-refractivity contribution in [1.29, 1.82) is 0 Å². The molecule has 1 aromatic heterocycles. The number of oxazole rings is 1. The van der Waals surface area contributed by atoms with Crippen LogP contribution in [-0.2, 0) is 0 Å². The lowest BCUT2D eigenvalue weighted by molar-refractivity contribution is 0.0535. The van der Waals surface area contributed by atoms with E-state index in [-0.39, 0.29) is 11.8 Å². The van der Waals surface area contributed by atoms with Crippen molar-refractivity contribution >= 4 is 22.9 Å². The maximum Gasteiger partial charge on any atom is 0.417 e. The smallest absolute Gasteiger partial charge is 0.408 e. The number of benzene rings is 2. The minimum atomic E-state index is -0.567. The number of hydrogen-bond acceptors (Lipinski definition) is 4. The number of fused-ring (bicyclic) bond motifs is 1. The zero-order chi connectivity index (χ0) is 19.0. The van der Waals surface area contributed by atoms with Gasteiger partial charge in [0.25, 0.3) is 11.8 Å². The number of rotatable bonds is 2. The quantitative estimate of drug-likeness (QED) is 0.747. The Bertz CT molecular complexity index is 1060. The third kappa shape index (κ3) is 3.33. The lowest BCUT2D eigenvalue weighted by Gasteiger charge is -2.34. The second-order valence-corrected chi connectivity index (χ2v) is 6.32. The Morgan fingerprint density at radius 3 is 2.07 bits per heavy atom. The maximum atomic E-state index is 13.0. The molecule has 1 N–H and O–H groups in total. The average molecular weight is 369 g/mol. The molecule has 2 aromatic carbocycles. The number of carbonyl (C=O) groups is 2. The number of amides is 2. The van der Waals surface area contributed by atoms with Gasteiger partial charge in [0.15, 0.2) is 5.58 Å². The summed E-state index contributed by atoms with van der Waals surface area (Å²) in [6.45, 7) is 1.56. The summed E-state index contributed by atoms with van der Waals surface area (Å²) in [5.41, 5.74) is 1.70. The van der Waals surface area contributed by atoms with Crippen molar-refractivity contribution in [1.82, 2.24) is 14.8 Å². The number of carbonyl (C=O) groups excluding carboxylic acids is 2. The lowest BCUT2D eigenvalue weighted by atomic mass is 10.1. The van der Waals surface area contributed by atoms with Gasteiger partial charge in [0, 0.05) is 37.3 Å². The van der Waals surface area contributed by atoms with E-state index >= 15 is 0 Å². The summed E-state index contributed by atoms with van der Waals surface area (Å²) in [7, 11) is 0. The molecule has 8 heteroatoms. The molecule has 0 unspecified atom stereocenters. The molecular formula is C19H16FN3O4. The van der Waals surface area contributed by atoms with Crippen LogP contribution in [0.3, 0.4) is 0 Å². The molecule has 0 radical (unpaired) electrons. The van der Waals surface area contributed by atoms with Crippen molar-refractivity contribution in [3.63, 3.8) is 0 Å². The molecule has 2 heterocycles. The second-order valence-electron chi connectivity index (χ2n) is 6.32. The van der Waals surface area contributed by atoms with Gasteiger partial charge in [-0.15, -0.1) is 0 Å². The van der Waals surface area contributed by atoms with Crippen LogP contribution in [0.25, 0.3) is 11.1 Å². The van der Waals surface area contributed by atoms with E-state index in [1.807, 2.05) is 0 Å². The molecule has 2 amide bonds. The Hall–Kier alpha value is -3.42. The number of aromatic amines is 1. The van der Waals surface area contributed by atoms with E-state index in [1.165, 1.54) is 30.3 Å². The van der Waals surface area contributed by atoms with Crippen molar-refractivity contribution in [3.8, 4) is 0 Å². The summed E-state index contributed by atoms with van der Waals surface area (Å²) in [6.07, 6.45) is 0. The molecule has 0 aliphatic carbocycles. The number of hydrogen-bond donors (Lipinski definition) is 1. The number of nitrogens with one attached hydrogen (secondary N) is 1. The van der Waals surface area contributed by atoms with Gasteiger partial charge in [0.2, 0.25) is 0 Å². The van der Waals surface area contributed by atoms with Crippen LogP contribution < -0.4 is 5.76 Å². The largest absolute Gasteiger partial charge is 0.417 e. The van der Waals surface area contributed by atoms with Gasteiger partial charge >= 0.3 is 5.76 Å². The maximum absolute atomic E-state index is 13.0. The molecular weight excluding hydrogens is 353 g/mol. The second kappa shape index (κ2) is 6.71. The highest BCUT2D eigenvalue weighted by molar-refractivity contribution is 5.97. The minimum Gasteiger partial charge on any atom is -0.408 e. The summed E-state index contributed by atoms with van der Waals surface area (Å²) in [4.78, 5) is 42.2. The van der Waals surface area contributed by atoms with Crippen molar-refractivity contribution in [2.75, 3.05) is 26.2 Å². The fraction of sp³-hybridized carbons (Fsp3) is 0.211. The first-order chi connectivity index (χ1) is 13.0. The van der Waals surface area contributed by atoms with Gasteiger partial charge < -0.3 is 14.2 Å². The Kier molecular flexibility index (Phi) is 4.23. The summed E-state index contributed by atoms with van der Waals surface area (Å²) in [5.74, 6) is -1.33. The van der Waals surface area contributed by atoms with Gasteiger partial charge in [-0.2, -0.15) is 0 Å². The van der Waals surface area contributed by atoms with Crippen LogP contribution in [-0.4, -0.2) is 52.8 Å². The van der Waals surface area contributed by atoms with E-state index in [0.29, 0.717) is 48.4 Å². The van der Waals surface area contributed by atoms with Gasteiger partial charge in [-0.3, -0.25) is 14.6 Å². The van der Waals surface area contributed by atoms with Crippen molar-refractivity contribution < 1.29 is 18.4 Å². The molecule has 7 nitrogen and oxygen atoms in total. The molecule has 27 heavy (non-hydrogen) atoms. The van der Waals surface area contributed by atoms with Crippen LogP contribution in [0.2, 0.25) is 0 Å². The standard InChI is InChI=1S/C19H16FN3O4/c20-14-4-1-12(2-5-14)17(24)22-7-9-23(10-8-22)18(25)13-3-6-15-16(11-13)27-19(26)21-15/h1-6,11H,7-10H2,(H,21,26). The first-order valence-electron chi connectivity index (χ1n) is 8.48. The number of nitrogens with zero attached hydrogens (tertiary/aromatic N) is 2. The highest BCUT2D eigenvalue weighted by atomic mass is 19.1. The number of H-pyrrole nitrogens is 1. The van der Waals surface area contributed by atoms with Crippen LogP contribution in [0.15, 0.2) is 51.7 Å². The highest BCUT2D eigenvalue weighted by Crippen LogP contribution is 2.16. The van der Waals surface area contributed by atoms with Gasteiger partial charge in [0.1, 0.15) is 5.82 Å². The molecule has 0 saturated carbocycles. The highest BCUT2D eigenvalue weighted by Gasteiger charge is 2.25. The molecule has 0 atom stereocenters. The van der Waals surface area contributed by atoms with E-state index in [9.17, 15) is 18.8 Å². The molecule has 0 bridgehead atoms. The summed E-state index contributed by atoms with van der Waals surface area (Å²) >= 11 is 0. The van der Waals surface area contributed by atoms with Crippen LogP contribution >= 0.6 is 0 Å². The van der Waals surface area contributed by atoms with E-state index in [2.05, 4.69) is 4.98 Å². The average Bonchev–Trinajstić information content (AvgIpc) is 3.07. The Morgan fingerprint density at radius 2 is 1.44 bits per heavy atom. The van der Waals surface area contributed by atoms with Crippen LogP contribution in [0.5, 0.6) is 0 Å². The van der Waals surface area contributed by atoms with Gasteiger partial charge in [-0.25, -0.2) is 9.18 Å². The number of piperazine rings is 1. The Labute approximate surface area is 153 Å². The fourth-order valence-corrected chi connectivity index (χ4v) is 3.15. The third-order valence-corrected chi connectivity index (χ3v) is 4.61. The first kappa shape index (κ1) is 17.0. The lowest BCUT2D eigenvalue weighted by Crippen LogP contribution is -2.50. The summed E-state index contributed by atoms with van der Waals surface area (Å²) in [5, 5.41) is 0. The summed E-state index contributed by atoms with van der Waals surface area (Å²) < 4.78 is 18.0. The zero-order valence-electron chi connectivity index (χ0n) is 14.3. The normalized spacial score (nSPS) is 14.6. The first-order valence-corrected chi connectivity index (χ1v) is 8.48. The minimum absolute atomic E-state index is 0.183. The fourth-order valence-electron chi connectivity index (χ4n) is 3.15. The Morgan fingerprint density at radius 1 is 0.889 bits per heavy atom. The third-order valence-electron chi connectivity index (χ3n) is 4.61. The monoisotopic (exact) mass is 369 g/mol. The molecule has 1 aliphatic rings. The van der Waals surface area contributed by atoms with Gasteiger partial charge in [-0.1, -0.05) is 0 Å². The van der Waals surface area contributed by atoms with E-state index in [4.69, 9.17) is 4.42 Å². The molecule has 138 valence electrons. The molecule has 3 aromatic rings. The number of halogens is 1. The zero-order valence-corrected chi connectivity index (χ0v) is 14.3. The van der Waals surface area contributed by atoms with Gasteiger partial charge in [-0.05, 0) is 42.5 Å². The Balaban J connectivity index is 1.43. The summed E-state index contributed by atoms with van der Waals surface area (Å²) in [6, 6.07) is 10.2. The van der Waals surface area contributed by atoms with Gasteiger partial charge in [0.05, 0.1) is 5.52 Å². The van der Waals surface area contributed by atoms with Crippen LogP contribution in [0, 0.1) is 5.82 Å². The van der Waals surface area contributed by atoms with Crippen molar-refractivity contribution in [3.05, 3.63) is 70.0 Å². The van der Waals surface area contributed by atoms with Crippen LogP contribution in [0.1, 0.15) is 20.7 Å².